The van der Waals surface area contributed by atoms with Crippen LogP contribution in [0.15, 0.2) is 42.5 Å². The number of aliphatic hydroxyl groups is 1. The van der Waals surface area contributed by atoms with Crippen molar-refractivity contribution in [3.8, 4) is 0 Å². The van der Waals surface area contributed by atoms with Crippen LogP contribution in [0, 0.1) is 0 Å². The number of carbonyl (C=O) groups excluding carboxylic acids is 1. The highest BCUT2D eigenvalue weighted by atomic mass is 16.3. The molecule has 0 aliphatic rings. The largest absolute Gasteiger partial charge is 0.393 e. The molecule has 3 N–H and O–H groups in total. The molecule has 0 bridgehead atoms. The molecule has 0 heterocycles. The lowest BCUT2D eigenvalue weighted by Gasteiger charge is -2.08. The first-order valence-electron chi connectivity index (χ1n) is 6.11. The molecule has 0 saturated heterocycles. The Labute approximate surface area is 106 Å². The zero-order valence-electron chi connectivity index (χ0n) is 10.2. The summed E-state index contributed by atoms with van der Waals surface area (Å²) in [4.78, 5) is 12.0. The third-order valence-electron chi connectivity index (χ3n) is 2.99. The van der Waals surface area contributed by atoms with E-state index in [0.717, 1.165) is 10.8 Å². The molecule has 0 saturated carbocycles. The van der Waals surface area contributed by atoms with Crippen molar-refractivity contribution >= 4 is 16.6 Å². The number of hydrogen-bond donors (Lipinski definition) is 2. The molecule has 0 aromatic heterocycles. The van der Waals surface area contributed by atoms with Gasteiger partial charge in [-0.3, -0.25) is 4.79 Å². The van der Waals surface area contributed by atoms with Crippen LogP contribution < -0.4 is 5.73 Å². The van der Waals surface area contributed by atoms with E-state index in [0.29, 0.717) is 18.5 Å². The fourth-order valence-electron chi connectivity index (χ4n) is 1.99. The Bertz CT molecular complexity index is 551. The monoisotopic (exact) mass is 243 g/mol. The minimum atomic E-state index is -0.644. The van der Waals surface area contributed by atoms with Crippen LogP contribution in [-0.2, 0) is 0 Å². The molecule has 0 amide bonds. The van der Waals surface area contributed by atoms with Crippen LogP contribution in [0.3, 0.4) is 0 Å². The highest BCUT2D eigenvalue weighted by molar-refractivity contribution is 6.00. The molecule has 94 valence electrons. The zero-order valence-corrected chi connectivity index (χ0v) is 10.2. The maximum atomic E-state index is 12.0. The number of ketones is 1. The van der Waals surface area contributed by atoms with E-state index in [9.17, 15) is 9.90 Å². The first-order chi connectivity index (χ1) is 8.70. The summed E-state index contributed by atoms with van der Waals surface area (Å²) in [6, 6.07) is 13.5. The number of rotatable bonds is 5. The van der Waals surface area contributed by atoms with Crippen LogP contribution in [0.5, 0.6) is 0 Å². The van der Waals surface area contributed by atoms with Crippen molar-refractivity contribution in [3.63, 3.8) is 0 Å². The van der Waals surface area contributed by atoms with Gasteiger partial charge in [-0.05, 0) is 29.8 Å². The Morgan fingerprint density at radius 2 is 1.89 bits per heavy atom. The van der Waals surface area contributed by atoms with Gasteiger partial charge in [0.1, 0.15) is 0 Å². The average Bonchev–Trinajstić information content (AvgIpc) is 2.38. The van der Waals surface area contributed by atoms with Crippen LogP contribution in [-0.4, -0.2) is 23.5 Å². The van der Waals surface area contributed by atoms with Crippen molar-refractivity contribution < 1.29 is 9.90 Å². The maximum Gasteiger partial charge on any atom is 0.165 e. The molecule has 3 nitrogen and oxygen atoms in total. The van der Waals surface area contributed by atoms with E-state index < -0.39 is 6.10 Å². The summed E-state index contributed by atoms with van der Waals surface area (Å²) in [7, 11) is 0. The second kappa shape index (κ2) is 5.76. The van der Waals surface area contributed by atoms with Crippen molar-refractivity contribution in [2.75, 3.05) is 6.54 Å². The fraction of sp³-hybridized carbons (Fsp3) is 0.267. The topological polar surface area (TPSA) is 63.3 Å². The van der Waals surface area contributed by atoms with Crippen molar-refractivity contribution in [3.05, 3.63) is 48.0 Å². The molecular formula is C15H17NO2. The number of hydrogen-bond acceptors (Lipinski definition) is 3. The second-order valence-electron chi connectivity index (χ2n) is 4.42. The van der Waals surface area contributed by atoms with E-state index in [1.54, 1.807) is 6.07 Å². The summed E-state index contributed by atoms with van der Waals surface area (Å²) < 4.78 is 0. The molecule has 2 aromatic rings. The molecule has 0 radical (unpaired) electrons. The van der Waals surface area contributed by atoms with Gasteiger partial charge in [0.25, 0.3) is 0 Å². The van der Waals surface area contributed by atoms with E-state index in [1.807, 2.05) is 36.4 Å². The summed E-state index contributed by atoms with van der Waals surface area (Å²) in [5.41, 5.74) is 5.99. The lowest BCUT2D eigenvalue weighted by atomic mass is 10.0. The molecule has 1 unspecified atom stereocenters. The van der Waals surface area contributed by atoms with Gasteiger partial charge >= 0.3 is 0 Å². The van der Waals surface area contributed by atoms with Crippen LogP contribution in [0.2, 0.25) is 0 Å². The summed E-state index contributed by atoms with van der Waals surface area (Å²) >= 11 is 0. The van der Waals surface area contributed by atoms with Gasteiger partial charge in [0, 0.05) is 12.0 Å². The molecule has 0 aliphatic heterocycles. The van der Waals surface area contributed by atoms with E-state index in [-0.39, 0.29) is 12.2 Å². The Balaban J connectivity index is 2.17. The average molecular weight is 243 g/mol. The summed E-state index contributed by atoms with van der Waals surface area (Å²) in [6.45, 7) is 0.395. The number of Topliss-reactive ketones (excluding diaryl/α,β-unsaturated/α-hetero) is 1. The molecule has 0 fully saturated rings. The van der Waals surface area contributed by atoms with Crippen LogP contribution in [0.4, 0.5) is 0 Å². The number of fused-ring (bicyclic) bond motifs is 1. The molecule has 0 spiro atoms. The number of nitrogens with two attached hydrogens (primary N) is 1. The Morgan fingerprint density at radius 1 is 1.17 bits per heavy atom. The van der Waals surface area contributed by atoms with Crippen molar-refractivity contribution in [1.29, 1.82) is 0 Å². The van der Waals surface area contributed by atoms with Gasteiger partial charge in [0.05, 0.1) is 6.10 Å². The zero-order chi connectivity index (χ0) is 13.0. The molecule has 0 aliphatic carbocycles. The van der Waals surface area contributed by atoms with Gasteiger partial charge in [0.2, 0.25) is 0 Å². The highest BCUT2D eigenvalue weighted by Gasteiger charge is 2.12. The number of carbonyl (C=O) groups is 1. The molecule has 2 rings (SSSR count). The van der Waals surface area contributed by atoms with E-state index in [2.05, 4.69) is 0 Å². The van der Waals surface area contributed by atoms with E-state index >= 15 is 0 Å². The second-order valence-corrected chi connectivity index (χ2v) is 4.42. The molecule has 2 aromatic carbocycles. The SMILES string of the molecule is NCCC(O)CC(=O)c1ccc2ccccc2c1. The quantitative estimate of drug-likeness (QED) is 0.791. The highest BCUT2D eigenvalue weighted by Crippen LogP contribution is 2.17. The molecule has 1 atom stereocenters. The Hall–Kier alpha value is -1.71. The normalized spacial score (nSPS) is 12.6. The van der Waals surface area contributed by atoms with Crippen molar-refractivity contribution in [2.24, 2.45) is 5.73 Å². The van der Waals surface area contributed by atoms with E-state index in [4.69, 9.17) is 5.73 Å². The minimum Gasteiger partial charge on any atom is -0.393 e. The Morgan fingerprint density at radius 3 is 2.61 bits per heavy atom. The minimum absolute atomic E-state index is 0.0401. The third kappa shape index (κ3) is 2.94. The van der Waals surface area contributed by atoms with Gasteiger partial charge in [-0.25, -0.2) is 0 Å². The molecular weight excluding hydrogens is 226 g/mol. The smallest absolute Gasteiger partial charge is 0.165 e. The summed E-state index contributed by atoms with van der Waals surface area (Å²) in [6.07, 6.45) is -0.0523. The number of benzene rings is 2. The first-order valence-corrected chi connectivity index (χ1v) is 6.11. The predicted octanol–water partition coefficient (Wildman–Crippen LogP) is 2.12. The fourth-order valence-corrected chi connectivity index (χ4v) is 1.99. The predicted molar refractivity (Wildman–Crippen MR) is 72.6 cm³/mol. The summed E-state index contributed by atoms with van der Waals surface area (Å²) in [5, 5.41) is 11.7. The van der Waals surface area contributed by atoms with Gasteiger partial charge in [-0.1, -0.05) is 36.4 Å². The molecule has 3 heteroatoms. The van der Waals surface area contributed by atoms with Crippen LogP contribution >= 0.6 is 0 Å². The third-order valence-corrected chi connectivity index (χ3v) is 2.99. The van der Waals surface area contributed by atoms with Gasteiger partial charge in [-0.2, -0.15) is 0 Å². The number of aliphatic hydroxyl groups excluding tert-OH is 1. The standard InChI is InChI=1S/C15H17NO2/c16-8-7-14(17)10-15(18)13-6-5-11-3-1-2-4-12(11)9-13/h1-6,9,14,17H,7-8,10,16H2. The van der Waals surface area contributed by atoms with Crippen LogP contribution in [0.1, 0.15) is 23.2 Å². The molecule has 18 heavy (non-hydrogen) atoms. The summed E-state index contributed by atoms with van der Waals surface area (Å²) in [5.74, 6) is -0.0401. The van der Waals surface area contributed by atoms with Gasteiger partial charge in [-0.15, -0.1) is 0 Å². The Kier molecular flexibility index (Phi) is 4.07. The van der Waals surface area contributed by atoms with Crippen LogP contribution in [0.25, 0.3) is 10.8 Å². The maximum absolute atomic E-state index is 12.0. The lowest BCUT2D eigenvalue weighted by Crippen LogP contribution is -2.17. The van der Waals surface area contributed by atoms with Crippen molar-refractivity contribution in [2.45, 2.75) is 18.9 Å². The first kappa shape index (κ1) is 12.7. The van der Waals surface area contributed by atoms with Gasteiger partial charge < -0.3 is 10.8 Å². The van der Waals surface area contributed by atoms with Gasteiger partial charge in [0.15, 0.2) is 5.78 Å². The van der Waals surface area contributed by atoms with Crippen molar-refractivity contribution in [1.82, 2.24) is 0 Å². The van der Waals surface area contributed by atoms with E-state index in [1.165, 1.54) is 0 Å². The lowest BCUT2D eigenvalue weighted by molar-refractivity contribution is 0.0872.